The van der Waals surface area contributed by atoms with E-state index >= 15 is 0 Å². The summed E-state index contributed by atoms with van der Waals surface area (Å²) in [5, 5.41) is 4.31. The lowest BCUT2D eigenvalue weighted by atomic mass is 10.0. The molecule has 2 rings (SSSR count). The summed E-state index contributed by atoms with van der Waals surface area (Å²) in [6.45, 7) is 3.12. The third-order valence-electron chi connectivity index (χ3n) is 2.90. The van der Waals surface area contributed by atoms with E-state index in [0.29, 0.717) is 0 Å². The summed E-state index contributed by atoms with van der Waals surface area (Å²) in [4.78, 5) is 0. The van der Waals surface area contributed by atoms with Crippen molar-refractivity contribution in [2.24, 2.45) is 5.73 Å². The average Bonchev–Trinajstić information content (AvgIpc) is 2.78. The van der Waals surface area contributed by atoms with Gasteiger partial charge in [0.25, 0.3) is 0 Å². The lowest BCUT2D eigenvalue weighted by Crippen LogP contribution is -2.16. The van der Waals surface area contributed by atoms with Crippen LogP contribution in [0.25, 0.3) is 0 Å². The summed E-state index contributed by atoms with van der Waals surface area (Å²) < 4.78 is 2.04. The molecular formula is C14H19N3. The van der Waals surface area contributed by atoms with Crippen molar-refractivity contribution in [1.29, 1.82) is 0 Å². The minimum absolute atomic E-state index is 0.0449. The van der Waals surface area contributed by atoms with E-state index in [9.17, 15) is 0 Å². The van der Waals surface area contributed by atoms with Gasteiger partial charge in [0.15, 0.2) is 0 Å². The topological polar surface area (TPSA) is 43.8 Å². The Kier molecular flexibility index (Phi) is 3.94. The Morgan fingerprint density at radius 3 is 2.71 bits per heavy atom. The number of aryl methyl sites for hydroxylation is 1. The lowest BCUT2D eigenvalue weighted by Gasteiger charge is -2.13. The minimum atomic E-state index is 0.0449. The van der Waals surface area contributed by atoms with Crippen LogP contribution in [0.1, 0.15) is 30.6 Å². The number of benzene rings is 1. The summed E-state index contributed by atoms with van der Waals surface area (Å²) in [5.41, 5.74) is 8.60. The van der Waals surface area contributed by atoms with Gasteiger partial charge in [-0.15, -0.1) is 0 Å². The Morgan fingerprint density at radius 1 is 1.24 bits per heavy atom. The second-order valence-electron chi connectivity index (χ2n) is 4.27. The number of aromatic nitrogens is 2. The largest absolute Gasteiger partial charge is 0.324 e. The molecule has 0 spiro atoms. The molecule has 1 heterocycles. The standard InChI is InChI=1S/C14H19N3/c1-2-10-17-13(8-9-16-17)11-14(15)12-6-4-3-5-7-12/h3-9,14H,2,10-11,15H2,1H3. The van der Waals surface area contributed by atoms with Gasteiger partial charge in [0.1, 0.15) is 0 Å². The van der Waals surface area contributed by atoms with Gasteiger partial charge in [-0.3, -0.25) is 4.68 Å². The number of hydrogen-bond acceptors (Lipinski definition) is 2. The van der Waals surface area contributed by atoms with Crippen molar-refractivity contribution in [1.82, 2.24) is 9.78 Å². The highest BCUT2D eigenvalue weighted by atomic mass is 15.3. The first-order valence-corrected chi connectivity index (χ1v) is 6.12. The van der Waals surface area contributed by atoms with E-state index in [0.717, 1.165) is 19.4 Å². The molecule has 0 saturated carbocycles. The number of nitrogens with zero attached hydrogens (tertiary/aromatic N) is 2. The fourth-order valence-corrected chi connectivity index (χ4v) is 1.99. The second kappa shape index (κ2) is 5.64. The van der Waals surface area contributed by atoms with Crippen LogP contribution in [0.5, 0.6) is 0 Å². The van der Waals surface area contributed by atoms with Crippen molar-refractivity contribution in [3.63, 3.8) is 0 Å². The number of nitrogens with two attached hydrogens (primary N) is 1. The molecule has 0 aliphatic carbocycles. The van der Waals surface area contributed by atoms with E-state index in [1.165, 1.54) is 11.3 Å². The summed E-state index contributed by atoms with van der Waals surface area (Å²) in [6, 6.07) is 12.3. The monoisotopic (exact) mass is 229 g/mol. The molecule has 1 unspecified atom stereocenters. The lowest BCUT2D eigenvalue weighted by molar-refractivity contribution is 0.555. The maximum atomic E-state index is 6.21. The van der Waals surface area contributed by atoms with E-state index in [-0.39, 0.29) is 6.04 Å². The van der Waals surface area contributed by atoms with Gasteiger partial charge in [-0.25, -0.2) is 0 Å². The summed E-state index contributed by atoms with van der Waals surface area (Å²) in [5.74, 6) is 0. The van der Waals surface area contributed by atoms with Gasteiger partial charge < -0.3 is 5.73 Å². The van der Waals surface area contributed by atoms with Gasteiger partial charge in [0, 0.05) is 30.9 Å². The van der Waals surface area contributed by atoms with Crippen molar-refractivity contribution in [2.45, 2.75) is 32.4 Å². The summed E-state index contributed by atoms with van der Waals surface area (Å²) in [6.07, 6.45) is 3.78. The molecule has 2 N–H and O–H groups in total. The normalized spacial score (nSPS) is 12.6. The Hall–Kier alpha value is -1.61. The van der Waals surface area contributed by atoms with Crippen molar-refractivity contribution in [2.75, 3.05) is 0 Å². The number of hydrogen-bond donors (Lipinski definition) is 1. The first-order chi connectivity index (χ1) is 8.31. The molecule has 0 aliphatic heterocycles. The van der Waals surface area contributed by atoms with Crippen LogP contribution in [-0.2, 0) is 13.0 Å². The Morgan fingerprint density at radius 2 is 2.00 bits per heavy atom. The fraction of sp³-hybridized carbons (Fsp3) is 0.357. The zero-order valence-electron chi connectivity index (χ0n) is 10.2. The van der Waals surface area contributed by atoms with Crippen molar-refractivity contribution in [3.8, 4) is 0 Å². The van der Waals surface area contributed by atoms with Crippen LogP contribution in [0, 0.1) is 0 Å². The van der Waals surface area contributed by atoms with Crippen molar-refractivity contribution < 1.29 is 0 Å². The van der Waals surface area contributed by atoms with Gasteiger partial charge in [-0.2, -0.15) is 5.10 Å². The number of rotatable bonds is 5. The van der Waals surface area contributed by atoms with E-state index < -0.39 is 0 Å². The van der Waals surface area contributed by atoms with Gasteiger partial charge >= 0.3 is 0 Å². The Labute approximate surface area is 102 Å². The van der Waals surface area contributed by atoms with E-state index in [2.05, 4.69) is 30.2 Å². The van der Waals surface area contributed by atoms with Crippen LogP contribution in [0.4, 0.5) is 0 Å². The summed E-state index contributed by atoms with van der Waals surface area (Å²) in [7, 11) is 0. The van der Waals surface area contributed by atoms with Crippen LogP contribution in [0.3, 0.4) is 0 Å². The molecule has 1 aromatic heterocycles. The molecule has 90 valence electrons. The zero-order valence-corrected chi connectivity index (χ0v) is 10.2. The first-order valence-electron chi connectivity index (χ1n) is 6.12. The molecule has 0 fully saturated rings. The molecule has 1 atom stereocenters. The van der Waals surface area contributed by atoms with Crippen LogP contribution < -0.4 is 5.73 Å². The predicted octanol–water partition coefficient (Wildman–Crippen LogP) is 2.54. The molecule has 0 amide bonds. The van der Waals surface area contributed by atoms with Crippen LogP contribution in [-0.4, -0.2) is 9.78 Å². The Balaban J connectivity index is 2.08. The van der Waals surface area contributed by atoms with Gasteiger partial charge in [-0.1, -0.05) is 37.3 Å². The maximum Gasteiger partial charge on any atom is 0.0492 e. The van der Waals surface area contributed by atoms with Crippen molar-refractivity contribution >= 4 is 0 Å². The highest BCUT2D eigenvalue weighted by molar-refractivity contribution is 5.20. The second-order valence-corrected chi connectivity index (χ2v) is 4.27. The van der Waals surface area contributed by atoms with Crippen LogP contribution in [0.15, 0.2) is 42.6 Å². The van der Waals surface area contributed by atoms with Crippen LogP contribution >= 0.6 is 0 Å². The third-order valence-corrected chi connectivity index (χ3v) is 2.90. The van der Waals surface area contributed by atoms with E-state index in [4.69, 9.17) is 5.73 Å². The smallest absolute Gasteiger partial charge is 0.0492 e. The fourth-order valence-electron chi connectivity index (χ4n) is 1.99. The first kappa shape index (κ1) is 11.9. The molecule has 0 aliphatic rings. The molecule has 3 heteroatoms. The molecule has 1 aromatic carbocycles. The molecule has 17 heavy (non-hydrogen) atoms. The van der Waals surface area contributed by atoms with E-state index in [1.807, 2.05) is 29.1 Å². The van der Waals surface area contributed by atoms with Crippen LogP contribution in [0.2, 0.25) is 0 Å². The van der Waals surface area contributed by atoms with E-state index in [1.54, 1.807) is 0 Å². The highest BCUT2D eigenvalue weighted by Gasteiger charge is 2.09. The van der Waals surface area contributed by atoms with Crippen molar-refractivity contribution in [3.05, 3.63) is 53.9 Å². The molecule has 0 bridgehead atoms. The average molecular weight is 229 g/mol. The third kappa shape index (κ3) is 2.94. The van der Waals surface area contributed by atoms with Gasteiger partial charge in [-0.05, 0) is 18.1 Å². The minimum Gasteiger partial charge on any atom is -0.324 e. The van der Waals surface area contributed by atoms with Gasteiger partial charge in [0.05, 0.1) is 0 Å². The molecule has 0 saturated heterocycles. The molecule has 0 radical (unpaired) electrons. The summed E-state index contributed by atoms with van der Waals surface area (Å²) >= 11 is 0. The SMILES string of the molecule is CCCn1nccc1CC(N)c1ccccc1. The molecular weight excluding hydrogens is 210 g/mol. The Bertz CT molecular complexity index is 448. The molecule has 2 aromatic rings. The maximum absolute atomic E-state index is 6.21. The highest BCUT2D eigenvalue weighted by Crippen LogP contribution is 2.15. The van der Waals surface area contributed by atoms with Gasteiger partial charge in [0.2, 0.25) is 0 Å². The molecule has 3 nitrogen and oxygen atoms in total. The quantitative estimate of drug-likeness (QED) is 0.856. The zero-order chi connectivity index (χ0) is 12.1. The predicted molar refractivity (Wildman–Crippen MR) is 69.6 cm³/mol.